The third kappa shape index (κ3) is 4.39. The Morgan fingerprint density at radius 2 is 1.85 bits per heavy atom. The average Bonchev–Trinajstić information content (AvgIpc) is 2.93. The molecule has 3 rings (SSSR count). The third-order valence-electron chi connectivity index (χ3n) is 4.65. The summed E-state index contributed by atoms with van der Waals surface area (Å²) in [5, 5.41) is 2.49. The molecule has 3 amide bonds. The molecule has 0 unspecified atom stereocenters. The van der Waals surface area contributed by atoms with Crippen LogP contribution < -0.4 is 10.2 Å². The maximum absolute atomic E-state index is 12.5. The van der Waals surface area contributed by atoms with Crippen LogP contribution in [0.3, 0.4) is 0 Å². The van der Waals surface area contributed by atoms with Gasteiger partial charge in [-0.2, -0.15) is 0 Å². The van der Waals surface area contributed by atoms with Gasteiger partial charge in [0.05, 0.1) is 10.9 Å². The van der Waals surface area contributed by atoms with Gasteiger partial charge in [0.2, 0.25) is 17.7 Å². The lowest BCUT2D eigenvalue weighted by molar-refractivity contribution is -0.121. The molecule has 1 aliphatic rings. The fourth-order valence-electron chi connectivity index (χ4n) is 2.98. The van der Waals surface area contributed by atoms with Crippen molar-refractivity contribution >= 4 is 40.9 Å². The molecule has 0 aromatic heterocycles. The summed E-state index contributed by atoms with van der Waals surface area (Å²) < 4.78 is 0. The molecule has 0 bridgehead atoms. The number of hydrogen-bond acceptors (Lipinski definition) is 4. The lowest BCUT2D eigenvalue weighted by Gasteiger charge is -2.14. The Hall–Kier alpha value is -2.60. The summed E-state index contributed by atoms with van der Waals surface area (Å²) in [6.07, 6.45) is 0.471. The van der Waals surface area contributed by atoms with E-state index in [1.54, 1.807) is 24.3 Å². The number of thioether (sulfide) groups is 1. The number of carbonyl (C=O) groups excluding carboxylic acids is 3. The molecule has 1 aliphatic heterocycles. The van der Waals surface area contributed by atoms with E-state index in [0.717, 1.165) is 16.8 Å². The highest BCUT2D eigenvalue weighted by atomic mass is 32.2. The number of anilines is 2. The van der Waals surface area contributed by atoms with Gasteiger partial charge in [0.15, 0.2) is 0 Å². The molecule has 6 heteroatoms. The first-order valence-corrected chi connectivity index (χ1v) is 9.92. The maximum Gasteiger partial charge on any atom is 0.247 e. The van der Waals surface area contributed by atoms with Gasteiger partial charge in [-0.25, -0.2) is 4.90 Å². The van der Waals surface area contributed by atoms with E-state index in [0.29, 0.717) is 17.9 Å². The lowest BCUT2D eigenvalue weighted by Crippen LogP contribution is -2.31. The van der Waals surface area contributed by atoms with Crippen molar-refractivity contribution in [1.82, 2.24) is 0 Å². The zero-order chi connectivity index (χ0) is 19.4. The van der Waals surface area contributed by atoms with Gasteiger partial charge in [-0.15, -0.1) is 11.8 Å². The van der Waals surface area contributed by atoms with Crippen LogP contribution in [0.4, 0.5) is 11.4 Å². The number of benzene rings is 2. The monoisotopic (exact) mass is 382 g/mol. The van der Waals surface area contributed by atoms with Crippen molar-refractivity contribution in [3.63, 3.8) is 0 Å². The summed E-state index contributed by atoms with van der Waals surface area (Å²) in [5.74, 6) is 0.00536. The molecular weight excluding hydrogens is 360 g/mol. The number of aryl methyl sites for hydroxylation is 1. The summed E-state index contributed by atoms with van der Waals surface area (Å²) in [5.41, 5.74) is 3.59. The Bertz CT molecular complexity index is 867. The Morgan fingerprint density at radius 1 is 1.11 bits per heavy atom. The van der Waals surface area contributed by atoms with Gasteiger partial charge in [-0.3, -0.25) is 14.4 Å². The second-order valence-corrected chi connectivity index (χ2v) is 7.82. The van der Waals surface area contributed by atoms with Crippen molar-refractivity contribution in [3.8, 4) is 0 Å². The Balaban J connectivity index is 1.52. The lowest BCUT2D eigenvalue weighted by atomic mass is 10.1. The minimum atomic E-state index is -0.425. The summed E-state index contributed by atoms with van der Waals surface area (Å²) in [7, 11) is 0. The van der Waals surface area contributed by atoms with Crippen LogP contribution >= 0.6 is 11.8 Å². The minimum absolute atomic E-state index is 0.0899. The van der Waals surface area contributed by atoms with E-state index in [9.17, 15) is 14.4 Å². The number of hydrogen-bond donors (Lipinski definition) is 1. The zero-order valence-electron chi connectivity index (χ0n) is 15.4. The first-order valence-electron chi connectivity index (χ1n) is 8.87. The molecule has 1 N–H and O–H groups in total. The van der Waals surface area contributed by atoms with Crippen LogP contribution in [0, 0.1) is 13.8 Å². The summed E-state index contributed by atoms with van der Waals surface area (Å²) in [6, 6.07) is 14.7. The highest BCUT2D eigenvalue weighted by molar-refractivity contribution is 8.00. The molecule has 0 aliphatic carbocycles. The number of para-hydroxylation sites is 1. The van der Waals surface area contributed by atoms with Crippen LogP contribution in [-0.4, -0.2) is 28.7 Å². The van der Waals surface area contributed by atoms with Crippen LogP contribution in [0.15, 0.2) is 48.5 Å². The van der Waals surface area contributed by atoms with Gasteiger partial charge in [0.1, 0.15) is 0 Å². The molecule has 1 heterocycles. The molecule has 0 saturated carbocycles. The summed E-state index contributed by atoms with van der Waals surface area (Å²) in [4.78, 5) is 38.2. The van der Waals surface area contributed by atoms with Crippen molar-refractivity contribution in [1.29, 1.82) is 0 Å². The number of nitrogens with zero attached hydrogens (tertiary/aromatic N) is 1. The smallest absolute Gasteiger partial charge is 0.247 e. The normalized spacial score (nSPS) is 16.7. The van der Waals surface area contributed by atoms with Crippen molar-refractivity contribution in [2.75, 3.05) is 16.0 Å². The molecule has 27 heavy (non-hydrogen) atoms. The van der Waals surface area contributed by atoms with Crippen LogP contribution in [0.1, 0.15) is 24.0 Å². The van der Waals surface area contributed by atoms with Crippen molar-refractivity contribution in [2.24, 2.45) is 0 Å². The van der Waals surface area contributed by atoms with Gasteiger partial charge in [-0.1, -0.05) is 30.3 Å². The van der Waals surface area contributed by atoms with Crippen LogP contribution in [0.2, 0.25) is 0 Å². The summed E-state index contributed by atoms with van der Waals surface area (Å²) >= 11 is 1.37. The molecule has 140 valence electrons. The topological polar surface area (TPSA) is 66.5 Å². The van der Waals surface area contributed by atoms with Crippen LogP contribution in [0.5, 0.6) is 0 Å². The van der Waals surface area contributed by atoms with Crippen molar-refractivity contribution in [2.45, 2.75) is 31.9 Å². The maximum atomic E-state index is 12.5. The number of carbonyl (C=O) groups is 3. The first kappa shape index (κ1) is 19.2. The second kappa shape index (κ2) is 8.39. The quantitative estimate of drug-likeness (QED) is 0.774. The molecule has 1 saturated heterocycles. The summed E-state index contributed by atoms with van der Waals surface area (Å²) in [6.45, 7) is 3.97. The predicted octanol–water partition coefficient (Wildman–Crippen LogP) is 3.70. The van der Waals surface area contributed by atoms with Crippen LogP contribution in [0.25, 0.3) is 0 Å². The Labute approximate surface area is 163 Å². The van der Waals surface area contributed by atoms with Gasteiger partial charge in [0.25, 0.3) is 0 Å². The van der Waals surface area contributed by atoms with Crippen molar-refractivity contribution < 1.29 is 14.4 Å². The average molecular weight is 382 g/mol. The standard InChI is InChI=1S/C21H22N2O3S/c1-14-7-6-10-17(15(14)2)22-19(24)11-12-27-18-13-20(25)23(21(18)26)16-8-4-3-5-9-16/h3-10,18H,11-13H2,1-2H3,(H,22,24)/t18-/m1/s1. The zero-order valence-corrected chi connectivity index (χ0v) is 16.2. The molecule has 2 aromatic rings. The van der Waals surface area contributed by atoms with E-state index >= 15 is 0 Å². The highest BCUT2D eigenvalue weighted by Gasteiger charge is 2.39. The predicted molar refractivity (Wildman–Crippen MR) is 109 cm³/mol. The Morgan fingerprint density at radius 3 is 2.59 bits per heavy atom. The molecule has 0 radical (unpaired) electrons. The highest BCUT2D eigenvalue weighted by Crippen LogP contribution is 2.30. The molecule has 2 aromatic carbocycles. The number of amides is 3. The molecule has 1 atom stereocenters. The van der Waals surface area contributed by atoms with Gasteiger partial charge in [0, 0.05) is 24.3 Å². The van der Waals surface area contributed by atoms with Crippen molar-refractivity contribution in [3.05, 3.63) is 59.7 Å². The number of rotatable bonds is 6. The molecule has 1 fully saturated rings. The van der Waals surface area contributed by atoms with Gasteiger partial charge in [-0.05, 0) is 43.2 Å². The SMILES string of the molecule is Cc1cccc(NC(=O)CCS[C@@H]2CC(=O)N(c3ccccc3)C2=O)c1C. The fourth-order valence-corrected chi connectivity index (χ4v) is 4.07. The molecule has 0 spiro atoms. The van der Waals surface area contributed by atoms with E-state index in [-0.39, 0.29) is 24.1 Å². The Kier molecular flexibility index (Phi) is 5.96. The van der Waals surface area contributed by atoms with E-state index in [2.05, 4.69) is 5.32 Å². The van der Waals surface area contributed by atoms with Gasteiger partial charge < -0.3 is 5.32 Å². The van der Waals surface area contributed by atoms with Gasteiger partial charge >= 0.3 is 0 Å². The largest absolute Gasteiger partial charge is 0.326 e. The minimum Gasteiger partial charge on any atom is -0.326 e. The first-order chi connectivity index (χ1) is 13.0. The van der Waals surface area contributed by atoms with Crippen LogP contribution in [-0.2, 0) is 14.4 Å². The second-order valence-electron chi connectivity index (χ2n) is 6.51. The fraction of sp³-hybridized carbons (Fsp3) is 0.286. The molecule has 5 nitrogen and oxygen atoms in total. The van der Waals surface area contributed by atoms with E-state index in [4.69, 9.17) is 0 Å². The van der Waals surface area contributed by atoms with E-state index in [1.807, 2.05) is 38.1 Å². The molecular formula is C21H22N2O3S. The van der Waals surface area contributed by atoms with E-state index < -0.39 is 5.25 Å². The number of imide groups is 1. The number of nitrogens with one attached hydrogen (secondary N) is 1. The third-order valence-corrected chi connectivity index (χ3v) is 5.86. The van der Waals surface area contributed by atoms with E-state index in [1.165, 1.54) is 16.7 Å².